The zero-order valence-corrected chi connectivity index (χ0v) is 19.6. The van der Waals surface area contributed by atoms with Gasteiger partial charge >= 0.3 is 0 Å². The van der Waals surface area contributed by atoms with Gasteiger partial charge in [0, 0.05) is 30.1 Å². The fraction of sp³-hybridized carbons (Fsp3) is 0.458. The molecule has 3 aromatic rings. The minimum Gasteiger partial charge on any atom is -0.489 e. The van der Waals surface area contributed by atoms with Gasteiger partial charge in [-0.05, 0) is 38.8 Å². The summed E-state index contributed by atoms with van der Waals surface area (Å²) >= 11 is 6.33. The number of hydrogen-bond donors (Lipinski definition) is 2. The van der Waals surface area contributed by atoms with Crippen molar-refractivity contribution >= 4 is 23.2 Å². The molecule has 3 aliphatic rings. The Labute approximate surface area is 200 Å². The number of halogens is 2. The van der Waals surface area contributed by atoms with E-state index >= 15 is 0 Å². The van der Waals surface area contributed by atoms with Crippen LogP contribution in [0, 0.1) is 19.7 Å². The Morgan fingerprint density at radius 3 is 2.88 bits per heavy atom. The first-order valence-corrected chi connectivity index (χ1v) is 11.9. The van der Waals surface area contributed by atoms with Crippen LogP contribution in [0.5, 0.6) is 5.75 Å². The van der Waals surface area contributed by atoms with Gasteiger partial charge in [-0.25, -0.2) is 13.9 Å². The Bertz CT molecular complexity index is 1330. The predicted molar refractivity (Wildman–Crippen MR) is 122 cm³/mol. The highest BCUT2D eigenvalue weighted by atomic mass is 35.5. The van der Waals surface area contributed by atoms with E-state index in [1.807, 2.05) is 13.8 Å². The van der Waals surface area contributed by atoms with Crippen LogP contribution in [0.1, 0.15) is 52.3 Å². The number of rotatable bonds is 3. The third-order valence-corrected chi connectivity index (χ3v) is 7.76. The largest absolute Gasteiger partial charge is 0.489 e. The van der Waals surface area contributed by atoms with Crippen LogP contribution >= 0.6 is 11.6 Å². The molecular weight excluding hydrogens is 461 g/mol. The van der Waals surface area contributed by atoms with Crippen molar-refractivity contribution in [3.05, 3.63) is 57.2 Å². The standard InChI is InChI=1S/C24H25ClFN5O3/c1-11-22(25)12(2)31-23(27-11)17-9-30(10-19(17)29-31)24(33)16-4-3-13(26)5-21(16)34-15-6-14-7-20(32)18(8-15)28-14/h3-5,14-15,18,20,28,32H,6-10H2,1-2H3/t14-,15-,18+,20-/m0/s1. The number of nitrogens with zero attached hydrogens (tertiary/aromatic N) is 4. The summed E-state index contributed by atoms with van der Waals surface area (Å²) in [4.78, 5) is 19.8. The lowest BCUT2D eigenvalue weighted by Crippen LogP contribution is -2.44. The SMILES string of the molecule is Cc1nc2c3c(nn2c(C)c1Cl)CN(C(=O)c1ccc(F)cc1O[C@H]1C[C@H]2C[C@H](O)[C@@H](C1)N2)C3. The lowest BCUT2D eigenvalue weighted by molar-refractivity contribution is 0.0732. The molecule has 0 aliphatic carbocycles. The molecule has 0 spiro atoms. The van der Waals surface area contributed by atoms with Gasteiger partial charge in [0.25, 0.3) is 5.91 Å². The number of carbonyl (C=O) groups excluding carboxylic acids is 1. The zero-order chi connectivity index (χ0) is 23.7. The summed E-state index contributed by atoms with van der Waals surface area (Å²) in [6.45, 7) is 4.42. The van der Waals surface area contributed by atoms with Crippen LogP contribution < -0.4 is 10.1 Å². The van der Waals surface area contributed by atoms with E-state index < -0.39 is 11.9 Å². The number of piperidine rings is 1. The molecule has 0 saturated carbocycles. The Morgan fingerprint density at radius 1 is 1.26 bits per heavy atom. The van der Waals surface area contributed by atoms with Crippen molar-refractivity contribution in [2.45, 2.75) is 70.5 Å². The highest BCUT2D eigenvalue weighted by Crippen LogP contribution is 2.34. The van der Waals surface area contributed by atoms with Crippen LogP contribution in [-0.2, 0) is 13.1 Å². The van der Waals surface area contributed by atoms with E-state index in [9.17, 15) is 14.3 Å². The Morgan fingerprint density at radius 2 is 2.09 bits per heavy atom. The molecule has 2 saturated heterocycles. The minimum atomic E-state index is -0.460. The smallest absolute Gasteiger partial charge is 0.258 e. The first kappa shape index (κ1) is 21.8. The Kier molecular flexibility index (Phi) is 5.05. The highest BCUT2D eigenvalue weighted by molar-refractivity contribution is 6.31. The minimum absolute atomic E-state index is 0.0330. The van der Waals surface area contributed by atoms with Crippen molar-refractivity contribution in [1.29, 1.82) is 0 Å². The average Bonchev–Trinajstić information content (AvgIpc) is 3.43. The number of aliphatic hydroxyl groups excluding tert-OH is 1. The van der Waals surface area contributed by atoms with E-state index in [2.05, 4.69) is 15.4 Å². The summed E-state index contributed by atoms with van der Waals surface area (Å²) in [5.41, 5.74) is 4.22. The number of aryl methyl sites for hydroxylation is 2. The van der Waals surface area contributed by atoms with E-state index in [4.69, 9.17) is 16.3 Å². The number of hydrogen-bond acceptors (Lipinski definition) is 6. The van der Waals surface area contributed by atoms with E-state index in [1.165, 1.54) is 18.2 Å². The highest BCUT2D eigenvalue weighted by Gasteiger charge is 2.41. The van der Waals surface area contributed by atoms with Crippen molar-refractivity contribution in [1.82, 2.24) is 24.8 Å². The summed E-state index contributed by atoms with van der Waals surface area (Å²) in [5, 5.41) is 18.7. The maximum atomic E-state index is 14.1. The molecule has 10 heteroatoms. The lowest BCUT2D eigenvalue weighted by atomic mass is 10.0. The van der Waals surface area contributed by atoms with Crippen LogP contribution in [0.15, 0.2) is 18.2 Å². The molecular formula is C24H25ClFN5O3. The number of aliphatic hydroxyl groups is 1. The van der Waals surface area contributed by atoms with Crippen molar-refractivity contribution in [3.63, 3.8) is 0 Å². The van der Waals surface area contributed by atoms with Crippen molar-refractivity contribution in [3.8, 4) is 5.75 Å². The van der Waals surface area contributed by atoms with Gasteiger partial charge in [0.1, 0.15) is 17.7 Å². The number of benzene rings is 1. The normalized spacial score (nSPS) is 25.7. The number of carbonyl (C=O) groups is 1. The monoisotopic (exact) mass is 485 g/mol. The van der Waals surface area contributed by atoms with Gasteiger partial charge in [-0.3, -0.25) is 4.79 Å². The quantitative estimate of drug-likeness (QED) is 0.592. The van der Waals surface area contributed by atoms with Gasteiger partial charge in [0.2, 0.25) is 0 Å². The molecule has 2 N–H and O–H groups in total. The molecule has 4 atom stereocenters. The first-order chi connectivity index (χ1) is 16.3. The third-order valence-electron chi connectivity index (χ3n) is 7.22. The fourth-order valence-corrected chi connectivity index (χ4v) is 5.62. The summed E-state index contributed by atoms with van der Waals surface area (Å²) < 4.78 is 22.0. The second-order valence-electron chi connectivity index (χ2n) is 9.54. The molecule has 2 fully saturated rings. The lowest BCUT2D eigenvalue weighted by Gasteiger charge is -2.30. The maximum absolute atomic E-state index is 14.1. The number of nitrogens with one attached hydrogen (secondary N) is 1. The van der Waals surface area contributed by atoms with Crippen molar-refractivity contribution in [2.75, 3.05) is 0 Å². The molecule has 34 heavy (non-hydrogen) atoms. The Hall–Kier alpha value is -2.75. The van der Waals surface area contributed by atoms with Crippen molar-refractivity contribution < 1.29 is 19.0 Å². The number of aromatic nitrogens is 3. The van der Waals surface area contributed by atoms with Gasteiger partial charge < -0.3 is 20.1 Å². The Balaban J connectivity index is 1.26. The molecule has 3 aliphatic heterocycles. The van der Waals surface area contributed by atoms with Gasteiger partial charge in [-0.15, -0.1) is 0 Å². The van der Waals surface area contributed by atoms with Gasteiger partial charge in [0.05, 0.1) is 46.9 Å². The first-order valence-electron chi connectivity index (χ1n) is 11.5. The fourth-order valence-electron chi connectivity index (χ4n) is 5.50. The van der Waals surface area contributed by atoms with Crippen LogP contribution in [0.2, 0.25) is 5.02 Å². The van der Waals surface area contributed by atoms with Crippen LogP contribution in [0.3, 0.4) is 0 Å². The van der Waals surface area contributed by atoms with E-state index in [-0.39, 0.29) is 29.8 Å². The molecule has 2 bridgehead atoms. The molecule has 0 unspecified atom stereocenters. The van der Waals surface area contributed by atoms with Crippen LogP contribution in [-0.4, -0.2) is 54.8 Å². The summed E-state index contributed by atoms with van der Waals surface area (Å²) in [6.07, 6.45) is 1.41. The topological polar surface area (TPSA) is 92.0 Å². The molecule has 178 valence electrons. The van der Waals surface area contributed by atoms with Gasteiger partial charge in [-0.2, -0.15) is 5.10 Å². The second-order valence-corrected chi connectivity index (χ2v) is 9.92. The summed E-state index contributed by atoms with van der Waals surface area (Å²) in [5.74, 6) is -0.468. The predicted octanol–water partition coefficient (Wildman–Crippen LogP) is 2.93. The molecule has 2 aromatic heterocycles. The molecule has 1 amide bonds. The number of amides is 1. The van der Waals surface area contributed by atoms with E-state index in [1.54, 1.807) is 9.42 Å². The van der Waals surface area contributed by atoms with E-state index in [0.717, 1.165) is 22.6 Å². The molecule has 6 rings (SSSR count). The molecule has 5 heterocycles. The van der Waals surface area contributed by atoms with Crippen LogP contribution in [0.4, 0.5) is 4.39 Å². The molecule has 8 nitrogen and oxygen atoms in total. The van der Waals surface area contributed by atoms with Gasteiger partial charge in [0.15, 0.2) is 5.65 Å². The molecule has 1 aromatic carbocycles. The number of ether oxygens (including phenoxy) is 1. The number of fused-ring (bicyclic) bond motifs is 5. The van der Waals surface area contributed by atoms with E-state index in [0.29, 0.717) is 48.6 Å². The second kappa shape index (κ2) is 7.90. The summed E-state index contributed by atoms with van der Waals surface area (Å²) in [6, 6.07) is 4.17. The van der Waals surface area contributed by atoms with Crippen LogP contribution in [0.25, 0.3) is 5.65 Å². The molecule has 0 radical (unpaired) electrons. The average molecular weight is 486 g/mol. The zero-order valence-electron chi connectivity index (χ0n) is 18.9. The third kappa shape index (κ3) is 3.45. The summed E-state index contributed by atoms with van der Waals surface area (Å²) in [7, 11) is 0. The maximum Gasteiger partial charge on any atom is 0.258 e. The van der Waals surface area contributed by atoms with Crippen molar-refractivity contribution in [2.24, 2.45) is 0 Å². The van der Waals surface area contributed by atoms with Gasteiger partial charge in [-0.1, -0.05) is 11.6 Å².